The average Bonchev–Trinajstić information content (AvgIpc) is 2.59. The van der Waals surface area contributed by atoms with Gasteiger partial charge in [0, 0.05) is 18.4 Å². The maximum atomic E-state index is 12.0. The number of amides is 1. The Hall–Kier alpha value is -2.91. The van der Waals surface area contributed by atoms with E-state index >= 15 is 0 Å². The van der Waals surface area contributed by atoms with Crippen LogP contribution >= 0.6 is 0 Å². The average molecular weight is 363 g/mol. The largest absolute Gasteiger partial charge is 0.452 e. The maximum absolute atomic E-state index is 12.0. The van der Waals surface area contributed by atoms with Crippen LogP contribution in [0.3, 0.4) is 0 Å². The monoisotopic (exact) mass is 363 g/mol. The third-order valence-corrected chi connectivity index (χ3v) is 4.15. The van der Waals surface area contributed by atoms with Crippen molar-refractivity contribution in [1.82, 2.24) is 0 Å². The van der Waals surface area contributed by atoms with Gasteiger partial charge in [-0.15, -0.1) is 0 Å². The molecular weight excluding hydrogens is 346 g/mol. The second-order valence-corrected chi connectivity index (χ2v) is 6.55. The third-order valence-electron chi connectivity index (χ3n) is 3.22. The lowest BCUT2D eigenvalue weighted by Gasteiger charge is -2.09. The number of sulfonamides is 1. The van der Waals surface area contributed by atoms with Crippen molar-refractivity contribution < 1.29 is 22.7 Å². The number of carbonyl (C=O) groups is 2. The lowest BCUT2D eigenvalue weighted by molar-refractivity contribution is -0.119. The van der Waals surface area contributed by atoms with Crippen LogP contribution in [0, 0.1) is 0 Å². The number of ether oxygens (including phenoxy) is 1. The summed E-state index contributed by atoms with van der Waals surface area (Å²) in [5.41, 5.74) is 1.26. The van der Waals surface area contributed by atoms with Gasteiger partial charge < -0.3 is 15.4 Å². The topological polar surface area (TPSA) is 128 Å². The SMILES string of the molecule is CNc1ccccc1C(=O)OCC(=O)Nc1ccc(S(N)(=O)=O)cc1. The predicted molar refractivity (Wildman–Crippen MR) is 92.7 cm³/mol. The van der Waals surface area contributed by atoms with Crippen LogP contribution in [0.4, 0.5) is 11.4 Å². The summed E-state index contributed by atoms with van der Waals surface area (Å²) in [6.07, 6.45) is 0. The Labute approximate surface area is 145 Å². The smallest absolute Gasteiger partial charge is 0.340 e. The van der Waals surface area contributed by atoms with Gasteiger partial charge in [0.05, 0.1) is 10.5 Å². The fourth-order valence-corrected chi connectivity index (χ4v) is 2.53. The standard InChI is InChI=1S/C16H17N3O5S/c1-18-14-5-3-2-4-13(14)16(21)24-10-15(20)19-11-6-8-12(9-7-11)25(17,22)23/h2-9,18H,10H2,1H3,(H,19,20)(H2,17,22,23). The van der Waals surface area contributed by atoms with E-state index in [2.05, 4.69) is 10.6 Å². The molecule has 0 fully saturated rings. The molecule has 2 rings (SSSR count). The molecule has 0 radical (unpaired) electrons. The molecule has 2 aromatic rings. The van der Waals surface area contributed by atoms with E-state index in [-0.39, 0.29) is 4.90 Å². The van der Waals surface area contributed by atoms with Gasteiger partial charge in [-0.2, -0.15) is 0 Å². The minimum atomic E-state index is -3.79. The first-order chi connectivity index (χ1) is 11.8. The van der Waals surface area contributed by atoms with Gasteiger partial charge >= 0.3 is 5.97 Å². The Bertz CT molecular complexity index is 879. The molecule has 0 bridgehead atoms. The van der Waals surface area contributed by atoms with Crippen LogP contribution in [-0.2, 0) is 19.6 Å². The Morgan fingerprint density at radius 2 is 1.72 bits per heavy atom. The number of primary sulfonamides is 1. The zero-order chi connectivity index (χ0) is 18.4. The lowest BCUT2D eigenvalue weighted by atomic mass is 10.2. The lowest BCUT2D eigenvalue weighted by Crippen LogP contribution is -2.21. The number of nitrogens with one attached hydrogen (secondary N) is 2. The number of anilines is 2. The second kappa shape index (κ2) is 7.77. The Morgan fingerprint density at radius 3 is 2.32 bits per heavy atom. The molecule has 0 saturated heterocycles. The van der Waals surface area contributed by atoms with Crippen LogP contribution in [0.2, 0.25) is 0 Å². The van der Waals surface area contributed by atoms with Crippen molar-refractivity contribution >= 4 is 33.3 Å². The van der Waals surface area contributed by atoms with Crippen LogP contribution < -0.4 is 15.8 Å². The zero-order valence-electron chi connectivity index (χ0n) is 13.4. The van der Waals surface area contributed by atoms with Crippen molar-refractivity contribution in [2.75, 3.05) is 24.3 Å². The highest BCUT2D eigenvalue weighted by Crippen LogP contribution is 2.15. The van der Waals surface area contributed by atoms with Gasteiger partial charge in [-0.05, 0) is 36.4 Å². The maximum Gasteiger partial charge on any atom is 0.340 e. The second-order valence-electron chi connectivity index (χ2n) is 4.99. The molecule has 0 spiro atoms. The molecule has 132 valence electrons. The van der Waals surface area contributed by atoms with Crippen molar-refractivity contribution in [3.63, 3.8) is 0 Å². The molecule has 4 N–H and O–H groups in total. The molecular formula is C16H17N3O5S. The van der Waals surface area contributed by atoms with Crippen LogP contribution in [0.1, 0.15) is 10.4 Å². The van der Waals surface area contributed by atoms with Crippen molar-refractivity contribution in [3.05, 3.63) is 54.1 Å². The Balaban J connectivity index is 1.93. The number of rotatable bonds is 6. The van der Waals surface area contributed by atoms with Crippen LogP contribution in [-0.4, -0.2) is 33.9 Å². The summed E-state index contributed by atoms with van der Waals surface area (Å²) in [5.74, 6) is -1.19. The molecule has 0 aliphatic rings. The van der Waals surface area contributed by atoms with Crippen molar-refractivity contribution in [1.29, 1.82) is 0 Å². The van der Waals surface area contributed by atoms with E-state index < -0.39 is 28.5 Å². The number of carbonyl (C=O) groups excluding carboxylic acids is 2. The summed E-state index contributed by atoms with van der Waals surface area (Å²) in [6.45, 7) is -0.478. The fourth-order valence-electron chi connectivity index (χ4n) is 2.01. The fraction of sp³-hybridized carbons (Fsp3) is 0.125. The number of hydrogen-bond acceptors (Lipinski definition) is 6. The summed E-state index contributed by atoms with van der Waals surface area (Å²) in [4.78, 5) is 23.8. The highest BCUT2D eigenvalue weighted by atomic mass is 32.2. The van der Waals surface area contributed by atoms with Crippen LogP contribution in [0.25, 0.3) is 0 Å². The molecule has 0 aliphatic carbocycles. The van der Waals surface area contributed by atoms with Crippen LogP contribution in [0.15, 0.2) is 53.4 Å². The van der Waals surface area contributed by atoms with E-state index in [1.54, 1.807) is 31.3 Å². The predicted octanol–water partition coefficient (Wildman–Crippen LogP) is 1.17. The third kappa shape index (κ3) is 5.03. The van der Waals surface area contributed by atoms with Crippen LogP contribution in [0.5, 0.6) is 0 Å². The summed E-state index contributed by atoms with van der Waals surface area (Å²) >= 11 is 0. The minimum absolute atomic E-state index is 0.0689. The number of nitrogens with two attached hydrogens (primary N) is 1. The highest BCUT2D eigenvalue weighted by molar-refractivity contribution is 7.89. The number of benzene rings is 2. The van der Waals surface area contributed by atoms with Gasteiger partial charge in [0.1, 0.15) is 0 Å². The number of esters is 1. The molecule has 25 heavy (non-hydrogen) atoms. The summed E-state index contributed by atoms with van der Waals surface area (Å²) < 4.78 is 27.3. The van der Waals surface area contributed by atoms with Gasteiger partial charge in [0.15, 0.2) is 6.61 Å². The highest BCUT2D eigenvalue weighted by Gasteiger charge is 2.14. The Morgan fingerprint density at radius 1 is 1.08 bits per heavy atom. The van der Waals surface area contributed by atoms with E-state index in [0.717, 1.165) is 0 Å². The first kappa shape index (κ1) is 18.4. The van der Waals surface area contributed by atoms with E-state index in [1.807, 2.05) is 0 Å². The molecule has 0 atom stereocenters. The Kier molecular flexibility index (Phi) is 5.73. The van der Waals surface area contributed by atoms with Crippen molar-refractivity contribution in [2.24, 2.45) is 5.14 Å². The van der Waals surface area contributed by atoms with Gasteiger partial charge in [0.25, 0.3) is 5.91 Å². The quantitative estimate of drug-likeness (QED) is 0.661. The molecule has 0 aromatic heterocycles. The molecule has 0 aliphatic heterocycles. The molecule has 8 nitrogen and oxygen atoms in total. The molecule has 9 heteroatoms. The molecule has 1 amide bonds. The van der Waals surface area contributed by atoms with E-state index in [9.17, 15) is 18.0 Å². The van der Waals surface area contributed by atoms with Gasteiger partial charge in [0.2, 0.25) is 10.0 Å². The first-order valence-corrected chi connectivity index (χ1v) is 8.72. The zero-order valence-corrected chi connectivity index (χ0v) is 14.2. The van der Waals surface area contributed by atoms with Crippen molar-refractivity contribution in [3.8, 4) is 0 Å². The number of hydrogen-bond donors (Lipinski definition) is 3. The summed E-state index contributed by atoms with van der Waals surface area (Å²) in [5, 5.41) is 10.3. The molecule has 0 unspecified atom stereocenters. The van der Waals surface area contributed by atoms with E-state index in [1.165, 1.54) is 24.3 Å². The van der Waals surface area contributed by atoms with Gasteiger partial charge in [-0.3, -0.25) is 4.79 Å². The van der Waals surface area contributed by atoms with Gasteiger partial charge in [-0.1, -0.05) is 12.1 Å². The molecule has 0 heterocycles. The minimum Gasteiger partial charge on any atom is -0.452 e. The van der Waals surface area contributed by atoms with E-state index in [4.69, 9.17) is 9.88 Å². The van der Waals surface area contributed by atoms with E-state index in [0.29, 0.717) is 16.9 Å². The number of para-hydroxylation sites is 1. The van der Waals surface area contributed by atoms with Gasteiger partial charge in [-0.25, -0.2) is 18.4 Å². The molecule has 2 aromatic carbocycles. The van der Waals surface area contributed by atoms with Crippen molar-refractivity contribution in [2.45, 2.75) is 4.90 Å². The normalized spacial score (nSPS) is 10.8. The summed E-state index contributed by atoms with van der Waals surface area (Å²) in [7, 11) is -2.12. The first-order valence-electron chi connectivity index (χ1n) is 7.18. The molecule has 0 saturated carbocycles. The summed E-state index contributed by atoms with van der Waals surface area (Å²) in [6, 6.07) is 12.0.